The molecule has 0 bridgehead atoms. The largest absolute Gasteiger partial charge is 0.344 e. The number of hydrogen-bond donors (Lipinski definition) is 0. The van der Waals surface area contributed by atoms with Crippen LogP contribution in [0.1, 0.15) is 42.8 Å². The molecule has 0 aliphatic carbocycles. The van der Waals surface area contributed by atoms with Crippen LogP contribution in [-0.4, -0.2) is 39.3 Å². The average molecular weight is 439 g/mol. The number of anilines is 1. The molecule has 0 atom stereocenters. The summed E-state index contributed by atoms with van der Waals surface area (Å²) in [7, 11) is 0. The van der Waals surface area contributed by atoms with E-state index >= 15 is 0 Å². The van der Waals surface area contributed by atoms with Crippen LogP contribution >= 0.6 is 11.5 Å². The molecule has 0 saturated heterocycles. The summed E-state index contributed by atoms with van der Waals surface area (Å²) in [5.41, 5.74) is 3.57. The van der Waals surface area contributed by atoms with E-state index in [1.165, 1.54) is 34.8 Å². The second kappa shape index (κ2) is 9.56. The van der Waals surface area contributed by atoms with Crippen molar-refractivity contribution in [3.63, 3.8) is 0 Å². The molecule has 162 valence electrons. The van der Waals surface area contributed by atoms with Crippen LogP contribution in [0.2, 0.25) is 0 Å². The van der Waals surface area contributed by atoms with Gasteiger partial charge in [-0.15, -0.1) is 0 Å². The number of carbonyl (C=O) groups is 1. The number of hydrogen-bond acceptors (Lipinski definition) is 5. The van der Waals surface area contributed by atoms with Crippen LogP contribution in [0.5, 0.6) is 0 Å². The Hall–Kier alpha value is -2.80. The van der Waals surface area contributed by atoms with Crippen LogP contribution in [0, 0.1) is 5.82 Å². The lowest BCUT2D eigenvalue weighted by atomic mass is 10.00. The maximum absolute atomic E-state index is 13.1. The van der Waals surface area contributed by atoms with Gasteiger partial charge in [-0.2, -0.15) is 4.37 Å². The lowest BCUT2D eigenvalue weighted by Crippen LogP contribution is -2.39. The van der Waals surface area contributed by atoms with Crippen LogP contribution in [0.15, 0.2) is 48.5 Å². The Morgan fingerprint density at radius 3 is 2.65 bits per heavy atom. The number of carbonyl (C=O) groups excluding carboxylic acids is 1. The zero-order valence-electron chi connectivity index (χ0n) is 17.9. The molecule has 1 aliphatic rings. The Balaban J connectivity index is 1.37. The van der Waals surface area contributed by atoms with Crippen molar-refractivity contribution in [1.29, 1.82) is 0 Å². The summed E-state index contributed by atoms with van der Waals surface area (Å²) in [6, 6.07) is 15.0. The fraction of sp³-hybridized carbons (Fsp3) is 0.375. The van der Waals surface area contributed by atoms with Crippen molar-refractivity contribution in [1.82, 2.24) is 14.3 Å². The third kappa shape index (κ3) is 5.28. The van der Waals surface area contributed by atoms with Crippen LogP contribution in [0.25, 0.3) is 0 Å². The van der Waals surface area contributed by atoms with Crippen LogP contribution in [0.3, 0.4) is 0 Å². The Labute approximate surface area is 186 Å². The van der Waals surface area contributed by atoms with Crippen molar-refractivity contribution in [3.05, 3.63) is 76.9 Å². The maximum Gasteiger partial charge on any atom is 0.224 e. The Bertz CT molecular complexity index is 1030. The quantitative estimate of drug-likeness (QED) is 0.547. The molecule has 0 radical (unpaired) electrons. The number of rotatable bonds is 7. The lowest BCUT2D eigenvalue weighted by molar-refractivity contribution is -0.131. The van der Waals surface area contributed by atoms with Crippen molar-refractivity contribution in [2.45, 2.75) is 45.7 Å². The van der Waals surface area contributed by atoms with Crippen LogP contribution < -0.4 is 4.90 Å². The van der Waals surface area contributed by atoms with Gasteiger partial charge in [0.05, 0.1) is 0 Å². The summed E-state index contributed by atoms with van der Waals surface area (Å²) in [5, 5.41) is 0.823. The molecule has 1 amide bonds. The van der Waals surface area contributed by atoms with E-state index in [0.717, 1.165) is 29.5 Å². The van der Waals surface area contributed by atoms with Gasteiger partial charge >= 0.3 is 0 Å². The second-order valence-corrected chi connectivity index (χ2v) is 8.90. The fourth-order valence-corrected chi connectivity index (χ4v) is 4.72. The van der Waals surface area contributed by atoms with Gasteiger partial charge in [0.2, 0.25) is 11.0 Å². The molecular formula is C24H27FN4OS. The van der Waals surface area contributed by atoms with Crippen molar-refractivity contribution in [3.8, 4) is 0 Å². The molecule has 0 N–H and O–H groups in total. The normalized spacial score (nSPS) is 13.4. The maximum atomic E-state index is 13.1. The van der Waals surface area contributed by atoms with E-state index in [0.29, 0.717) is 25.9 Å². The van der Waals surface area contributed by atoms with Gasteiger partial charge in [0.25, 0.3) is 0 Å². The molecule has 1 aliphatic heterocycles. The third-order valence-corrected chi connectivity index (χ3v) is 6.44. The van der Waals surface area contributed by atoms with Crippen molar-refractivity contribution in [2.75, 3.05) is 18.0 Å². The number of nitrogens with zero attached hydrogens (tertiary/aromatic N) is 4. The zero-order chi connectivity index (χ0) is 21.8. The third-order valence-electron chi connectivity index (χ3n) is 5.65. The van der Waals surface area contributed by atoms with Gasteiger partial charge in [-0.3, -0.25) is 4.79 Å². The second-order valence-electron chi connectivity index (χ2n) is 8.17. The van der Waals surface area contributed by atoms with Gasteiger partial charge in [0.1, 0.15) is 11.6 Å². The van der Waals surface area contributed by atoms with Crippen molar-refractivity contribution in [2.24, 2.45) is 0 Å². The van der Waals surface area contributed by atoms with Gasteiger partial charge < -0.3 is 9.80 Å². The number of halogens is 1. The topological polar surface area (TPSA) is 49.3 Å². The first kappa shape index (κ1) is 21.4. The van der Waals surface area contributed by atoms with E-state index in [4.69, 9.17) is 0 Å². The van der Waals surface area contributed by atoms with Gasteiger partial charge in [0, 0.05) is 50.1 Å². The standard InChI is InChI=1S/C24H27FN4OS/c1-17(2)29(24-26-22(27-31-24)15-18-7-9-21(25)10-8-18)14-12-23(30)28-13-11-19-5-3-4-6-20(19)16-28/h3-10,17H,11-16H2,1-2H3. The zero-order valence-corrected chi connectivity index (χ0v) is 18.7. The highest BCUT2D eigenvalue weighted by Crippen LogP contribution is 2.23. The molecular weight excluding hydrogens is 411 g/mol. The molecule has 0 spiro atoms. The molecule has 2 aromatic carbocycles. The summed E-state index contributed by atoms with van der Waals surface area (Å²) >= 11 is 1.35. The molecule has 4 rings (SSSR count). The Morgan fingerprint density at radius 2 is 1.90 bits per heavy atom. The summed E-state index contributed by atoms with van der Waals surface area (Å²) in [4.78, 5) is 21.7. The minimum absolute atomic E-state index is 0.177. The number of benzene rings is 2. The predicted octanol–water partition coefficient (Wildman–Crippen LogP) is 4.46. The molecule has 0 unspecified atom stereocenters. The van der Waals surface area contributed by atoms with E-state index < -0.39 is 0 Å². The summed E-state index contributed by atoms with van der Waals surface area (Å²) in [6.07, 6.45) is 1.93. The smallest absolute Gasteiger partial charge is 0.224 e. The molecule has 1 aromatic heterocycles. The van der Waals surface area contributed by atoms with Gasteiger partial charge in [-0.25, -0.2) is 9.37 Å². The highest BCUT2D eigenvalue weighted by molar-refractivity contribution is 7.09. The summed E-state index contributed by atoms with van der Waals surface area (Å²) < 4.78 is 17.6. The molecule has 0 fully saturated rings. The number of fused-ring (bicyclic) bond motifs is 1. The van der Waals surface area contributed by atoms with Gasteiger partial charge in [0.15, 0.2) is 0 Å². The highest BCUT2D eigenvalue weighted by Gasteiger charge is 2.22. The summed E-state index contributed by atoms with van der Waals surface area (Å²) in [5.74, 6) is 0.649. The first-order valence-electron chi connectivity index (χ1n) is 10.7. The minimum atomic E-state index is -0.247. The molecule has 3 aromatic rings. The molecule has 0 saturated carbocycles. The fourth-order valence-electron chi connectivity index (χ4n) is 3.88. The molecule has 2 heterocycles. The SMILES string of the molecule is CC(C)N(CCC(=O)N1CCc2ccccc2C1)c1nc(Cc2ccc(F)cc2)ns1. The van der Waals surface area contributed by atoms with E-state index in [1.54, 1.807) is 12.1 Å². The average Bonchev–Trinajstić information content (AvgIpc) is 3.22. The first-order valence-corrected chi connectivity index (χ1v) is 11.4. The monoisotopic (exact) mass is 438 g/mol. The number of amides is 1. The Morgan fingerprint density at radius 1 is 1.16 bits per heavy atom. The predicted molar refractivity (Wildman–Crippen MR) is 122 cm³/mol. The molecule has 5 nitrogen and oxygen atoms in total. The van der Waals surface area contributed by atoms with E-state index in [1.807, 2.05) is 11.0 Å². The van der Waals surface area contributed by atoms with E-state index in [2.05, 4.69) is 46.3 Å². The van der Waals surface area contributed by atoms with Crippen molar-refractivity contribution >= 4 is 22.6 Å². The Kier molecular flexibility index (Phi) is 6.61. The van der Waals surface area contributed by atoms with Crippen molar-refractivity contribution < 1.29 is 9.18 Å². The van der Waals surface area contributed by atoms with Gasteiger partial charge in [-0.1, -0.05) is 36.4 Å². The summed E-state index contributed by atoms with van der Waals surface area (Å²) in [6.45, 7) is 6.28. The molecule has 31 heavy (non-hydrogen) atoms. The first-order chi connectivity index (χ1) is 15.0. The lowest BCUT2D eigenvalue weighted by Gasteiger charge is -2.31. The molecule has 7 heteroatoms. The van der Waals surface area contributed by atoms with Gasteiger partial charge in [-0.05, 0) is 49.1 Å². The van der Waals surface area contributed by atoms with Crippen LogP contribution in [0.4, 0.5) is 9.52 Å². The highest BCUT2D eigenvalue weighted by atomic mass is 32.1. The van der Waals surface area contributed by atoms with Crippen LogP contribution in [-0.2, 0) is 24.2 Å². The minimum Gasteiger partial charge on any atom is -0.344 e. The van der Waals surface area contributed by atoms with E-state index in [9.17, 15) is 9.18 Å². The number of aromatic nitrogens is 2. The van der Waals surface area contributed by atoms with E-state index in [-0.39, 0.29) is 17.8 Å².